The van der Waals surface area contributed by atoms with E-state index in [-0.39, 0.29) is 5.75 Å². The molecule has 0 amide bonds. The van der Waals surface area contributed by atoms with Crippen molar-refractivity contribution in [3.05, 3.63) is 29.6 Å². The molecule has 0 bridgehead atoms. The van der Waals surface area contributed by atoms with Gasteiger partial charge in [-0.1, -0.05) is 19.4 Å². The Balaban J connectivity index is 2.11. The summed E-state index contributed by atoms with van der Waals surface area (Å²) in [6.45, 7) is 4.25. The highest BCUT2D eigenvalue weighted by molar-refractivity contribution is 7.89. The standard InChI is InChI=1S/C14H21N3O2S/c1-4-5-8-20(18,19)15-10-12-6-7-14-13(9-12)16-11(2)17(14)3/h6-7,9,15H,4-5,8,10H2,1-3H3. The zero-order chi connectivity index (χ0) is 14.8. The van der Waals surface area contributed by atoms with Gasteiger partial charge < -0.3 is 4.57 Å². The van der Waals surface area contributed by atoms with Crippen molar-refractivity contribution in [1.29, 1.82) is 0 Å². The fourth-order valence-electron chi connectivity index (χ4n) is 2.08. The van der Waals surface area contributed by atoms with Crippen LogP contribution in [0.1, 0.15) is 31.2 Å². The van der Waals surface area contributed by atoms with Gasteiger partial charge in [-0.25, -0.2) is 18.1 Å². The largest absolute Gasteiger partial charge is 0.331 e. The third-order valence-electron chi connectivity index (χ3n) is 3.43. The Labute approximate surface area is 120 Å². The summed E-state index contributed by atoms with van der Waals surface area (Å²) in [5.74, 6) is 1.13. The van der Waals surface area contributed by atoms with E-state index in [2.05, 4.69) is 9.71 Å². The molecule has 0 atom stereocenters. The van der Waals surface area contributed by atoms with Gasteiger partial charge in [0.15, 0.2) is 0 Å². The smallest absolute Gasteiger partial charge is 0.211 e. The first-order valence-corrected chi connectivity index (χ1v) is 8.47. The van der Waals surface area contributed by atoms with Crippen LogP contribution in [0.5, 0.6) is 0 Å². The molecule has 0 aliphatic carbocycles. The van der Waals surface area contributed by atoms with E-state index in [0.717, 1.165) is 28.8 Å². The van der Waals surface area contributed by atoms with Gasteiger partial charge in [-0.2, -0.15) is 0 Å². The molecule has 110 valence electrons. The Kier molecular flexibility index (Phi) is 4.45. The molecule has 2 aromatic rings. The quantitative estimate of drug-likeness (QED) is 0.887. The fourth-order valence-corrected chi connectivity index (χ4v) is 3.28. The Morgan fingerprint density at radius 3 is 2.80 bits per heavy atom. The zero-order valence-electron chi connectivity index (χ0n) is 12.2. The Hall–Kier alpha value is -1.40. The molecular formula is C14H21N3O2S. The molecule has 1 N–H and O–H groups in total. The van der Waals surface area contributed by atoms with Gasteiger partial charge >= 0.3 is 0 Å². The second-order valence-electron chi connectivity index (χ2n) is 5.03. The first-order chi connectivity index (χ1) is 9.43. The summed E-state index contributed by atoms with van der Waals surface area (Å²) in [7, 11) is -1.20. The Morgan fingerprint density at radius 1 is 1.35 bits per heavy atom. The first-order valence-electron chi connectivity index (χ1n) is 6.82. The van der Waals surface area contributed by atoms with E-state index in [1.807, 2.05) is 43.7 Å². The molecule has 0 saturated carbocycles. The normalized spacial score (nSPS) is 12.2. The molecule has 0 aliphatic heterocycles. The van der Waals surface area contributed by atoms with Gasteiger partial charge in [-0.05, 0) is 31.0 Å². The molecule has 0 unspecified atom stereocenters. The molecule has 1 aromatic heterocycles. The van der Waals surface area contributed by atoms with Crippen molar-refractivity contribution in [3.8, 4) is 0 Å². The van der Waals surface area contributed by atoms with E-state index >= 15 is 0 Å². The molecule has 2 rings (SSSR count). The molecular weight excluding hydrogens is 274 g/mol. The third-order valence-corrected chi connectivity index (χ3v) is 4.84. The number of aryl methyl sites for hydroxylation is 2. The Bertz CT molecular complexity index is 705. The molecule has 6 heteroatoms. The van der Waals surface area contributed by atoms with E-state index in [9.17, 15) is 8.42 Å². The lowest BCUT2D eigenvalue weighted by Gasteiger charge is -2.06. The van der Waals surface area contributed by atoms with E-state index in [0.29, 0.717) is 13.0 Å². The molecule has 5 nitrogen and oxygen atoms in total. The van der Waals surface area contributed by atoms with Crippen LogP contribution in [0.25, 0.3) is 11.0 Å². The predicted molar refractivity (Wildman–Crippen MR) is 81.0 cm³/mol. The molecule has 1 aromatic carbocycles. The van der Waals surface area contributed by atoms with Crippen LogP contribution < -0.4 is 4.72 Å². The number of benzene rings is 1. The highest BCUT2D eigenvalue weighted by Crippen LogP contribution is 2.16. The van der Waals surface area contributed by atoms with E-state index in [1.165, 1.54) is 0 Å². The molecule has 1 heterocycles. The van der Waals surface area contributed by atoms with Gasteiger partial charge in [0.25, 0.3) is 0 Å². The van der Waals surface area contributed by atoms with Crippen LogP contribution in [0, 0.1) is 6.92 Å². The number of nitrogens with one attached hydrogen (secondary N) is 1. The molecule has 0 fully saturated rings. The maximum Gasteiger partial charge on any atom is 0.211 e. The predicted octanol–water partition coefficient (Wildman–Crippen LogP) is 2.10. The maximum absolute atomic E-state index is 11.8. The number of aromatic nitrogens is 2. The number of unbranched alkanes of at least 4 members (excludes halogenated alkanes) is 1. The van der Waals surface area contributed by atoms with Crippen LogP contribution >= 0.6 is 0 Å². The summed E-state index contributed by atoms with van der Waals surface area (Å²) in [5.41, 5.74) is 2.88. The monoisotopic (exact) mass is 295 g/mol. The summed E-state index contributed by atoms with van der Waals surface area (Å²) in [6, 6.07) is 5.85. The maximum atomic E-state index is 11.8. The second kappa shape index (κ2) is 5.93. The van der Waals surface area contributed by atoms with Gasteiger partial charge in [0.1, 0.15) is 5.82 Å². The van der Waals surface area contributed by atoms with Crippen molar-refractivity contribution in [2.45, 2.75) is 33.2 Å². The van der Waals surface area contributed by atoms with Crippen molar-refractivity contribution in [1.82, 2.24) is 14.3 Å². The third kappa shape index (κ3) is 3.37. The lowest BCUT2D eigenvalue weighted by Crippen LogP contribution is -2.25. The minimum atomic E-state index is -3.17. The molecule has 0 aliphatic rings. The van der Waals surface area contributed by atoms with Crippen LogP contribution in [-0.2, 0) is 23.6 Å². The van der Waals surface area contributed by atoms with Crippen LogP contribution in [-0.4, -0.2) is 23.7 Å². The molecule has 0 radical (unpaired) electrons. The van der Waals surface area contributed by atoms with Gasteiger partial charge in [-0.15, -0.1) is 0 Å². The number of hydrogen-bond donors (Lipinski definition) is 1. The van der Waals surface area contributed by atoms with Crippen molar-refractivity contribution in [2.24, 2.45) is 7.05 Å². The average Bonchev–Trinajstić information content (AvgIpc) is 2.69. The van der Waals surface area contributed by atoms with Gasteiger partial charge in [0.05, 0.1) is 16.8 Å². The summed E-state index contributed by atoms with van der Waals surface area (Å²) in [5, 5.41) is 0. The van der Waals surface area contributed by atoms with Crippen molar-refractivity contribution >= 4 is 21.1 Å². The fraction of sp³-hybridized carbons (Fsp3) is 0.500. The highest BCUT2D eigenvalue weighted by Gasteiger charge is 2.10. The second-order valence-corrected chi connectivity index (χ2v) is 6.96. The number of rotatable bonds is 6. The summed E-state index contributed by atoms with van der Waals surface area (Å²) >= 11 is 0. The SMILES string of the molecule is CCCCS(=O)(=O)NCc1ccc2c(c1)nc(C)n2C. The minimum absolute atomic E-state index is 0.189. The van der Waals surface area contributed by atoms with Crippen molar-refractivity contribution in [2.75, 3.05) is 5.75 Å². The van der Waals surface area contributed by atoms with E-state index < -0.39 is 10.0 Å². The molecule has 0 saturated heterocycles. The Morgan fingerprint density at radius 2 is 2.10 bits per heavy atom. The number of sulfonamides is 1. The summed E-state index contributed by atoms with van der Waals surface area (Å²) in [6.07, 6.45) is 1.56. The lowest BCUT2D eigenvalue weighted by atomic mass is 10.2. The highest BCUT2D eigenvalue weighted by atomic mass is 32.2. The van der Waals surface area contributed by atoms with Crippen LogP contribution in [0.15, 0.2) is 18.2 Å². The lowest BCUT2D eigenvalue weighted by molar-refractivity contribution is 0.578. The van der Waals surface area contributed by atoms with Crippen LogP contribution in [0.2, 0.25) is 0 Å². The number of hydrogen-bond acceptors (Lipinski definition) is 3. The summed E-state index contributed by atoms with van der Waals surface area (Å²) in [4.78, 5) is 4.45. The topological polar surface area (TPSA) is 64.0 Å². The first kappa shape index (κ1) is 15.0. The van der Waals surface area contributed by atoms with Crippen LogP contribution in [0.3, 0.4) is 0 Å². The summed E-state index contributed by atoms with van der Waals surface area (Å²) < 4.78 is 28.2. The number of fused-ring (bicyclic) bond motifs is 1. The van der Waals surface area contributed by atoms with E-state index in [1.54, 1.807) is 0 Å². The molecule has 0 spiro atoms. The minimum Gasteiger partial charge on any atom is -0.331 e. The van der Waals surface area contributed by atoms with Gasteiger partial charge in [0.2, 0.25) is 10.0 Å². The van der Waals surface area contributed by atoms with Gasteiger partial charge in [0, 0.05) is 13.6 Å². The zero-order valence-corrected chi connectivity index (χ0v) is 13.0. The van der Waals surface area contributed by atoms with E-state index in [4.69, 9.17) is 0 Å². The number of imidazole rings is 1. The van der Waals surface area contributed by atoms with Crippen molar-refractivity contribution in [3.63, 3.8) is 0 Å². The van der Waals surface area contributed by atoms with Crippen molar-refractivity contribution < 1.29 is 8.42 Å². The number of nitrogens with zero attached hydrogens (tertiary/aromatic N) is 2. The van der Waals surface area contributed by atoms with Crippen LogP contribution in [0.4, 0.5) is 0 Å². The van der Waals surface area contributed by atoms with Gasteiger partial charge in [-0.3, -0.25) is 0 Å². The molecule has 20 heavy (non-hydrogen) atoms. The average molecular weight is 295 g/mol.